The van der Waals surface area contributed by atoms with Gasteiger partial charge in [-0.3, -0.25) is 9.59 Å². The van der Waals surface area contributed by atoms with Crippen molar-refractivity contribution < 1.29 is 19.1 Å². The largest absolute Gasteiger partial charge is 0.465 e. The van der Waals surface area contributed by atoms with Crippen molar-refractivity contribution >= 4 is 11.9 Å². The molecule has 0 aromatic rings. The van der Waals surface area contributed by atoms with Crippen LogP contribution in [0.5, 0.6) is 0 Å². The highest BCUT2D eigenvalue weighted by Gasteiger charge is 2.28. The van der Waals surface area contributed by atoms with Gasteiger partial charge in [0.1, 0.15) is 0 Å². The summed E-state index contributed by atoms with van der Waals surface area (Å²) in [6.45, 7) is 23.9. The fraction of sp³-hybridized carbons (Fsp3) is 0.617. The molecule has 0 aromatic carbocycles. The third-order valence-electron chi connectivity index (χ3n) is 9.12. The van der Waals surface area contributed by atoms with Crippen molar-refractivity contribution in [2.24, 2.45) is 5.92 Å². The number of ether oxygens (including phenoxy) is 2. The Hall–Kier alpha value is -3.14. The van der Waals surface area contributed by atoms with Crippen LogP contribution >= 0.6 is 0 Å². The summed E-state index contributed by atoms with van der Waals surface area (Å²) in [5.74, 6) is -1.91. The van der Waals surface area contributed by atoms with Crippen LogP contribution in [0.2, 0.25) is 0 Å². The van der Waals surface area contributed by atoms with Gasteiger partial charge in [0.25, 0.3) is 0 Å². The molecule has 0 radical (unpaired) electrons. The van der Waals surface area contributed by atoms with Crippen molar-refractivity contribution in [2.75, 3.05) is 13.2 Å². The number of rotatable bonds is 27. The van der Waals surface area contributed by atoms with E-state index in [0.29, 0.717) is 6.42 Å². The molecule has 0 heterocycles. The second-order valence-electron chi connectivity index (χ2n) is 14.7. The number of carbonyl (C=O) groups excluding carboxylic acids is 2. The molecule has 0 aliphatic carbocycles. The molecule has 0 unspecified atom stereocenters. The molecule has 0 aliphatic rings. The molecule has 0 fully saturated rings. The number of esters is 2. The van der Waals surface area contributed by atoms with E-state index in [-0.39, 0.29) is 13.2 Å². The zero-order valence-corrected chi connectivity index (χ0v) is 34.8. The van der Waals surface area contributed by atoms with Crippen molar-refractivity contribution in [1.82, 2.24) is 0 Å². The quantitative estimate of drug-likeness (QED) is 0.0485. The highest BCUT2D eigenvalue weighted by Crippen LogP contribution is 2.18. The molecule has 4 nitrogen and oxygen atoms in total. The van der Waals surface area contributed by atoms with E-state index < -0.39 is 17.9 Å². The van der Waals surface area contributed by atoms with Gasteiger partial charge >= 0.3 is 11.9 Å². The van der Waals surface area contributed by atoms with Crippen molar-refractivity contribution in [2.45, 2.75) is 172 Å². The van der Waals surface area contributed by atoms with E-state index in [0.717, 1.165) is 82.6 Å². The van der Waals surface area contributed by atoms with Gasteiger partial charge in [-0.2, -0.15) is 0 Å². The third-order valence-corrected chi connectivity index (χ3v) is 9.12. The Morgan fingerprint density at radius 2 is 0.627 bits per heavy atom. The van der Waals surface area contributed by atoms with Crippen LogP contribution in [0.4, 0.5) is 0 Å². The van der Waals surface area contributed by atoms with Gasteiger partial charge in [-0.15, -0.1) is 0 Å². The zero-order chi connectivity index (χ0) is 38.4. The minimum atomic E-state index is -0.888. The van der Waals surface area contributed by atoms with E-state index in [1.54, 1.807) is 13.8 Å². The summed E-state index contributed by atoms with van der Waals surface area (Å²) < 4.78 is 10.1. The van der Waals surface area contributed by atoms with Crippen molar-refractivity contribution in [3.63, 3.8) is 0 Å². The minimum Gasteiger partial charge on any atom is -0.465 e. The average molecular weight is 705 g/mol. The van der Waals surface area contributed by atoms with Crippen LogP contribution in [-0.2, 0) is 19.1 Å². The Kier molecular flexibility index (Phi) is 28.6. The van der Waals surface area contributed by atoms with Crippen LogP contribution < -0.4 is 0 Å². The van der Waals surface area contributed by atoms with E-state index >= 15 is 0 Å². The molecule has 0 aliphatic heterocycles. The van der Waals surface area contributed by atoms with Gasteiger partial charge in [0.15, 0.2) is 5.92 Å². The lowest BCUT2D eigenvalue weighted by Crippen LogP contribution is -2.27. The molecular formula is C47H76O4. The SMILES string of the molecule is CCOC(=O)C(C/C=C(/C)CC/C=C(/C)CC/C=C(/C)CC/C=C(/C)CC/C=C(/C)CC/C=C(\C)CC/C=C(\C)CCC=C(C)C)C(=O)OCC. The lowest BCUT2D eigenvalue weighted by atomic mass is 10.0. The Morgan fingerprint density at radius 3 is 0.863 bits per heavy atom. The first-order valence-electron chi connectivity index (χ1n) is 19.8. The first-order chi connectivity index (χ1) is 24.3. The van der Waals surface area contributed by atoms with Gasteiger partial charge in [0.05, 0.1) is 13.2 Å². The van der Waals surface area contributed by atoms with E-state index in [1.807, 2.05) is 13.0 Å². The smallest absolute Gasteiger partial charge is 0.320 e. The molecular weight excluding hydrogens is 629 g/mol. The molecule has 0 spiro atoms. The molecule has 0 saturated heterocycles. The number of hydrogen-bond acceptors (Lipinski definition) is 4. The van der Waals surface area contributed by atoms with Crippen LogP contribution in [-0.4, -0.2) is 25.2 Å². The zero-order valence-electron chi connectivity index (χ0n) is 34.8. The Bertz CT molecular complexity index is 1240. The molecule has 0 atom stereocenters. The predicted molar refractivity (Wildman–Crippen MR) is 222 cm³/mol. The predicted octanol–water partition coefficient (Wildman–Crippen LogP) is 14.2. The van der Waals surface area contributed by atoms with E-state index in [4.69, 9.17) is 9.47 Å². The lowest BCUT2D eigenvalue weighted by molar-refractivity contribution is -0.161. The summed E-state index contributed by atoms with van der Waals surface area (Å²) in [5.41, 5.74) is 11.5. The molecule has 0 saturated carbocycles. The van der Waals surface area contributed by atoms with Gasteiger partial charge < -0.3 is 9.47 Å². The Morgan fingerprint density at radius 1 is 0.392 bits per heavy atom. The van der Waals surface area contributed by atoms with Gasteiger partial charge in [-0.05, 0) is 172 Å². The maximum absolute atomic E-state index is 12.2. The van der Waals surface area contributed by atoms with Crippen molar-refractivity contribution in [1.29, 1.82) is 0 Å². The molecule has 0 rings (SSSR count). The molecule has 51 heavy (non-hydrogen) atoms. The molecule has 4 heteroatoms. The van der Waals surface area contributed by atoms with Crippen LogP contribution in [0.15, 0.2) is 93.2 Å². The lowest BCUT2D eigenvalue weighted by Gasteiger charge is -2.13. The number of carbonyl (C=O) groups is 2. The van der Waals surface area contributed by atoms with Crippen LogP contribution in [0.25, 0.3) is 0 Å². The van der Waals surface area contributed by atoms with Crippen LogP contribution in [0, 0.1) is 5.92 Å². The van der Waals surface area contributed by atoms with Gasteiger partial charge in [-0.25, -0.2) is 0 Å². The Balaban J connectivity index is 4.40. The summed E-state index contributed by atoms with van der Waals surface area (Å²) in [4.78, 5) is 24.4. The fourth-order valence-corrected chi connectivity index (χ4v) is 5.67. The van der Waals surface area contributed by atoms with Gasteiger partial charge in [-0.1, -0.05) is 93.2 Å². The molecule has 0 aromatic heterocycles. The Labute approximate surface area is 315 Å². The number of allylic oxidation sites excluding steroid dienone is 16. The molecule has 0 N–H and O–H groups in total. The summed E-state index contributed by atoms with van der Waals surface area (Å²) in [5, 5.41) is 0. The van der Waals surface area contributed by atoms with E-state index in [2.05, 4.69) is 97.9 Å². The van der Waals surface area contributed by atoms with Gasteiger partial charge in [0.2, 0.25) is 0 Å². The molecule has 0 bridgehead atoms. The van der Waals surface area contributed by atoms with Crippen molar-refractivity contribution in [3.05, 3.63) is 93.2 Å². The maximum atomic E-state index is 12.2. The maximum Gasteiger partial charge on any atom is 0.320 e. The molecule has 288 valence electrons. The second kappa shape index (κ2) is 30.5. The van der Waals surface area contributed by atoms with E-state index in [9.17, 15) is 9.59 Å². The van der Waals surface area contributed by atoms with Gasteiger partial charge in [0, 0.05) is 0 Å². The summed E-state index contributed by atoms with van der Waals surface area (Å²) in [6, 6.07) is 0. The highest BCUT2D eigenvalue weighted by atomic mass is 16.6. The topological polar surface area (TPSA) is 52.6 Å². The molecule has 0 amide bonds. The summed E-state index contributed by atoms with van der Waals surface area (Å²) >= 11 is 0. The first-order valence-corrected chi connectivity index (χ1v) is 19.8. The van der Waals surface area contributed by atoms with Crippen LogP contribution in [0.1, 0.15) is 172 Å². The highest BCUT2D eigenvalue weighted by molar-refractivity contribution is 5.95. The standard InChI is InChI=1S/C47H76O4/c1-12-50-46(48)45(47(49)51-13-2)36-35-44(11)34-20-33-43(10)32-19-31-42(9)30-18-29-41(8)28-17-27-40(7)26-16-25-39(6)24-15-23-38(5)22-14-21-37(3)4/h21,23,25,27,29,31,33,35,45H,12-20,22,24,26,28,30,32,34,36H2,1-11H3/b38-23+,39-25+,40-27-,41-29-,42-31-,43-33-,44-35-. The number of hydrogen-bond donors (Lipinski definition) is 0. The normalized spacial score (nSPS) is 13.9. The summed E-state index contributed by atoms with van der Waals surface area (Å²) in [7, 11) is 0. The third kappa shape index (κ3) is 28.2. The minimum absolute atomic E-state index is 0.251. The van der Waals surface area contributed by atoms with Crippen LogP contribution in [0.3, 0.4) is 0 Å². The fourth-order valence-electron chi connectivity index (χ4n) is 5.67. The van der Waals surface area contributed by atoms with Crippen molar-refractivity contribution in [3.8, 4) is 0 Å². The van der Waals surface area contributed by atoms with E-state index in [1.165, 1.54) is 51.9 Å². The second-order valence-corrected chi connectivity index (χ2v) is 14.7. The monoisotopic (exact) mass is 705 g/mol. The average Bonchev–Trinajstić information content (AvgIpc) is 3.05. The first kappa shape index (κ1) is 47.9. The summed E-state index contributed by atoms with van der Waals surface area (Å²) in [6.07, 6.45) is 34.5.